The Bertz CT molecular complexity index is 622. The van der Waals surface area contributed by atoms with Crippen molar-refractivity contribution in [2.24, 2.45) is 0 Å². The maximum absolute atomic E-state index is 10.8. The number of para-hydroxylation sites is 1. The minimum Gasteiger partial charge on any atom is -0.478 e. The van der Waals surface area contributed by atoms with Crippen molar-refractivity contribution in [3.05, 3.63) is 53.7 Å². The van der Waals surface area contributed by atoms with Gasteiger partial charge in [-0.1, -0.05) is 18.2 Å². The highest BCUT2D eigenvalue weighted by Gasteiger charge is 2.27. The second-order valence-corrected chi connectivity index (χ2v) is 4.76. The lowest BCUT2D eigenvalue weighted by atomic mass is 10.1. The molecule has 19 heavy (non-hydrogen) atoms. The quantitative estimate of drug-likeness (QED) is 0.895. The third-order valence-corrected chi connectivity index (χ3v) is 3.45. The molecule has 1 atom stereocenters. The maximum atomic E-state index is 10.8. The summed E-state index contributed by atoms with van der Waals surface area (Å²) in [4.78, 5) is 17.3. The van der Waals surface area contributed by atoms with E-state index in [1.54, 1.807) is 12.1 Å². The fourth-order valence-electron chi connectivity index (χ4n) is 2.57. The molecule has 0 spiro atoms. The van der Waals surface area contributed by atoms with Crippen molar-refractivity contribution in [3.8, 4) is 0 Å². The largest absolute Gasteiger partial charge is 0.478 e. The molecule has 1 unspecified atom stereocenters. The molecule has 96 valence electrons. The lowest BCUT2D eigenvalue weighted by Gasteiger charge is -2.23. The van der Waals surface area contributed by atoms with Gasteiger partial charge in [-0.25, -0.2) is 9.78 Å². The monoisotopic (exact) mass is 254 g/mol. The number of pyridine rings is 1. The first-order chi connectivity index (χ1) is 9.16. The number of aromatic nitrogens is 1. The molecule has 4 heteroatoms. The van der Waals surface area contributed by atoms with Gasteiger partial charge in [0.05, 0.1) is 5.56 Å². The van der Waals surface area contributed by atoms with Gasteiger partial charge in [0.15, 0.2) is 0 Å². The summed E-state index contributed by atoms with van der Waals surface area (Å²) in [7, 11) is 0. The van der Waals surface area contributed by atoms with Crippen molar-refractivity contribution >= 4 is 17.5 Å². The number of nitrogens with zero attached hydrogens (tertiary/aromatic N) is 2. The summed E-state index contributed by atoms with van der Waals surface area (Å²) in [5.74, 6) is -0.156. The highest BCUT2D eigenvalue weighted by molar-refractivity contribution is 5.87. The fourth-order valence-corrected chi connectivity index (χ4v) is 2.57. The number of fused-ring (bicyclic) bond motifs is 1. The van der Waals surface area contributed by atoms with Gasteiger partial charge in [-0.05, 0) is 37.1 Å². The number of carboxylic acid groups (broad SMARTS) is 1. The number of rotatable bonds is 2. The lowest BCUT2D eigenvalue weighted by molar-refractivity contribution is 0.0696. The van der Waals surface area contributed by atoms with Crippen molar-refractivity contribution in [2.75, 3.05) is 4.90 Å². The van der Waals surface area contributed by atoms with E-state index in [1.807, 2.05) is 12.1 Å². The molecule has 4 nitrogen and oxygen atoms in total. The van der Waals surface area contributed by atoms with Crippen LogP contribution in [0.5, 0.6) is 0 Å². The van der Waals surface area contributed by atoms with Crippen LogP contribution in [0.25, 0.3) is 0 Å². The molecule has 1 aromatic carbocycles. The third kappa shape index (κ3) is 1.95. The van der Waals surface area contributed by atoms with E-state index >= 15 is 0 Å². The molecule has 1 aromatic heterocycles. The zero-order valence-electron chi connectivity index (χ0n) is 10.6. The maximum Gasteiger partial charge on any atom is 0.337 e. The van der Waals surface area contributed by atoms with Gasteiger partial charge in [0, 0.05) is 17.9 Å². The average molecular weight is 254 g/mol. The Balaban J connectivity index is 2.00. The molecule has 1 N–H and O–H groups in total. The molecule has 1 aliphatic heterocycles. The van der Waals surface area contributed by atoms with Gasteiger partial charge in [-0.3, -0.25) is 0 Å². The molecule has 2 heterocycles. The lowest BCUT2D eigenvalue weighted by Crippen LogP contribution is -2.24. The van der Waals surface area contributed by atoms with Crippen LogP contribution in [-0.4, -0.2) is 22.1 Å². The standard InChI is InChI=1S/C15H14N2O2/c1-10-8-11-4-2-3-5-13(11)17(10)14-7-6-12(9-16-14)15(18)19/h2-7,9-10H,8H2,1H3,(H,18,19). The summed E-state index contributed by atoms with van der Waals surface area (Å²) in [6.07, 6.45) is 2.39. The Hall–Kier alpha value is -2.36. The van der Waals surface area contributed by atoms with Crippen LogP contribution in [0, 0.1) is 0 Å². The molecule has 0 aliphatic carbocycles. The van der Waals surface area contributed by atoms with E-state index < -0.39 is 5.97 Å². The number of benzene rings is 1. The molecular formula is C15H14N2O2. The van der Waals surface area contributed by atoms with Crippen LogP contribution >= 0.6 is 0 Å². The summed E-state index contributed by atoms with van der Waals surface area (Å²) in [5.41, 5.74) is 2.67. The highest BCUT2D eigenvalue weighted by atomic mass is 16.4. The minimum atomic E-state index is -0.950. The van der Waals surface area contributed by atoms with Crippen LogP contribution < -0.4 is 4.90 Å². The molecule has 0 radical (unpaired) electrons. The summed E-state index contributed by atoms with van der Waals surface area (Å²) in [6, 6.07) is 11.9. The van der Waals surface area contributed by atoms with Crippen LogP contribution in [0.1, 0.15) is 22.8 Å². The second-order valence-electron chi connectivity index (χ2n) is 4.76. The van der Waals surface area contributed by atoms with E-state index in [4.69, 9.17) is 5.11 Å². The number of anilines is 2. The van der Waals surface area contributed by atoms with Crippen molar-refractivity contribution in [2.45, 2.75) is 19.4 Å². The predicted octanol–water partition coefficient (Wildman–Crippen LogP) is 2.86. The van der Waals surface area contributed by atoms with Gasteiger partial charge < -0.3 is 10.0 Å². The second kappa shape index (κ2) is 4.39. The number of aromatic carboxylic acids is 1. The molecule has 0 saturated carbocycles. The van der Waals surface area contributed by atoms with Crippen LogP contribution in [0.15, 0.2) is 42.6 Å². The first-order valence-corrected chi connectivity index (χ1v) is 6.23. The molecule has 0 bridgehead atoms. The first-order valence-electron chi connectivity index (χ1n) is 6.23. The van der Waals surface area contributed by atoms with Gasteiger partial charge in [0.2, 0.25) is 0 Å². The van der Waals surface area contributed by atoms with Gasteiger partial charge >= 0.3 is 5.97 Å². The highest BCUT2D eigenvalue weighted by Crippen LogP contribution is 2.36. The number of carbonyl (C=O) groups is 1. The number of hydrogen-bond acceptors (Lipinski definition) is 3. The van der Waals surface area contributed by atoms with Crippen molar-refractivity contribution < 1.29 is 9.90 Å². The van der Waals surface area contributed by atoms with Crippen molar-refractivity contribution in [1.82, 2.24) is 4.98 Å². The molecular weight excluding hydrogens is 240 g/mol. The summed E-state index contributed by atoms with van der Waals surface area (Å²) in [6.45, 7) is 2.15. The summed E-state index contributed by atoms with van der Waals surface area (Å²) >= 11 is 0. The van der Waals surface area contributed by atoms with E-state index in [0.29, 0.717) is 6.04 Å². The predicted molar refractivity (Wildman–Crippen MR) is 72.9 cm³/mol. The molecule has 2 aromatic rings. The summed E-state index contributed by atoms with van der Waals surface area (Å²) in [5, 5.41) is 8.90. The number of carboxylic acids is 1. The zero-order valence-corrected chi connectivity index (χ0v) is 10.6. The molecule has 1 aliphatic rings. The van der Waals surface area contributed by atoms with Crippen LogP contribution in [-0.2, 0) is 6.42 Å². The van der Waals surface area contributed by atoms with Crippen LogP contribution in [0.4, 0.5) is 11.5 Å². The Morgan fingerprint density at radius 2 is 2.11 bits per heavy atom. The average Bonchev–Trinajstić information content (AvgIpc) is 2.74. The molecule has 3 rings (SSSR count). The van der Waals surface area contributed by atoms with Crippen molar-refractivity contribution in [3.63, 3.8) is 0 Å². The Kier molecular flexibility index (Phi) is 2.71. The van der Waals surface area contributed by atoms with Gasteiger partial charge in [0.1, 0.15) is 5.82 Å². The van der Waals surface area contributed by atoms with E-state index in [9.17, 15) is 4.79 Å². The molecule has 0 amide bonds. The van der Waals surface area contributed by atoms with E-state index in [2.05, 4.69) is 28.9 Å². The Morgan fingerprint density at radius 3 is 2.79 bits per heavy atom. The normalized spacial score (nSPS) is 17.3. The zero-order chi connectivity index (χ0) is 13.4. The molecule has 0 saturated heterocycles. The SMILES string of the molecule is CC1Cc2ccccc2N1c1ccc(C(=O)O)cn1. The first kappa shape index (κ1) is 11.7. The van der Waals surface area contributed by atoms with Crippen LogP contribution in [0.3, 0.4) is 0 Å². The van der Waals surface area contributed by atoms with E-state index in [1.165, 1.54) is 11.8 Å². The Morgan fingerprint density at radius 1 is 1.32 bits per heavy atom. The topological polar surface area (TPSA) is 53.4 Å². The van der Waals surface area contributed by atoms with Crippen molar-refractivity contribution in [1.29, 1.82) is 0 Å². The summed E-state index contributed by atoms with van der Waals surface area (Å²) < 4.78 is 0. The van der Waals surface area contributed by atoms with Crippen LogP contribution in [0.2, 0.25) is 0 Å². The van der Waals surface area contributed by atoms with Gasteiger partial charge in [-0.2, -0.15) is 0 Å². The number of hydrogen-bond donors (Lipinski definition) is 1. The minimum absolute atomic E-state index is 0.212. The van der Waals surface area contributed by atoms with Gasteiger partial charge in [-0.15, -0.1) is 0 Å². The third-order valence-electron chi connectivity index (χ3n) is 3.45. The Labute approximate surface area is 111 Å². The fraction of sp³-hybridized carbons (Fsp3) is 0.200. The van der Waals surface area contributed by atoms with E-state index in [0.717, 1.165) is 17.9 Å². The smallest absolute Gasteiger partial charge is 0.337 e. The van der Waals surface area contributed by atoms with E-state index in [-0.39, 0.29) is 5.56 Å². The molecule has 0 fully saturated rings. The van der Waals surface area contributed by atoms with Gasteiger partial charge in [0.25, 0.3) is 0 Å².